The molecule has 2 aliphatic heterocycles. The van der Waals surface area contributed by atoms with Gasteiger partial charge in [-0.05, 0) is 43.1 Å². The van der Waals surface area contributed by atoms with Crippen molar-refractivity contribution in [2.75, 3.05) is 39.7 Å². The van der Waals surface area contributed by atoms with Crippen LogP contribution in [0, 0.1) is 11.8 Å². The predicted octanol–water partition coefficient (Wildman–Crippen LogP) is 3.27. The molecule has 1 N–H and O–H groups in total. The van der Waals surface area contributed by atoms with Crippen molar-refractivity contribution in [2.45, 2.75) is 36.0 Å². The summed E-state index contributed by atoms with van der Waals surface area (Å²) in [4.78, 5) is 15.8. The molecule has 2 unspecified atom stereocenters. The number of alkyl halides is 3. The summed E-state index contributed by atoms with van der Waals surface area (Å²) in [7, 11) is 1.28. The lowest BCUT2D eigenvalue weighted by Gasteiger charge is -2.39. The highest BCUT2D eigenvalue weighted by atomic mass is 32.2. The summed E-state index contributed by atoms with van der Waals surface area (Å²) in [6.45, 7) is 3.17. The Hall–Kier alpha value is -1.45. The average Bonchev–Trinajstić information content (AvgIpc) is 3.31. The van der Waals surface area contributed by atoms with Crippen LogP contribution in [-0.4, -0.2) is 62.6 Å². The number of amides is 1. The Labute approximate surface area is 172 Å². The van der Waals surface area contributed by atoms with Gasteiger partial charge in [0, 0.05) is 30.6 Å². The smallest absolute Gasteiger partial charge is 0.416 e. The zero-order valence-electron chi connectivity index (χ0n) is 16.4. The molecule has 4 rings (SSSR count). The van der Waals surface area contributed by atoms with E-state index in [9.17, 15) is 18.0 Å². The van der Waals surface area contributed by atoms with Crippen LogP contribution < -0.4 is 10.1 Å². The molecule has 1 aromatic rings. The largest absolute Gasteiger partial charge is 0.496 e. The number of halogens is 3. The normalized spacial score (nSPS) is 29.4. The Morgan fingerprint density at radius 2 is 2.03 bits per heavy atom. The number of fused-ring (bicyclic) bond motifs is 1. The van der Waals surface area contributed by atoms with Crippen LogP contribution in [0.15, 0.2) is 17.0 Å². The van der Waals surface area contributed by atoms with Gasteiger partial charge in [-0.1, -0.05) is 0 Å². The van der Waals surface area contributed by atoms with Crippen LogP contribution in [0.1, 0.15) is 28.8 Å². The first-order valence-corrected chi connectivity index (χ1v) is 11.0. The number of methoxy groups -OCH3 is 1. The Bertz CT molecular complexity index is 754. The van der Waals surface area contributed by atoms with Crippen LogP contribution >= 0.6 is 11.8 Å². The maximum absolute atomic E-state index is 13.2. The fraction of sp³-hybridized carbons (Fsp3) is 0.650. The van der Waals surface area contributed by atoms with Gasteiger partial charge in [-0.15, -0.1) is 11.8 Å². The number of hydrogen-bond acceptors (Lipinski definition) is 5. The van der Waals surface area contributed by atoms with Gasteiger partial charge in [0.05, 0.1) is 30.9 Å². The quantitative estimate of drug-likeness (QED) is 0.727. The molecule has 9 heteroatoms. The van der Waals surface area contributed by atoms with Crippen LogP contribution in [0.25, 0.3) is 0 Å². The molecular formula is C20H25F3N2O3S. The number of hydrogen-bond donors (Lipinski definition) is 1. The van der Waals surface area contributed by atoms with E-state index >= 15 is 0 Å². The number of benzene rings is 1. The molecular weight excluding hydrogens is 405 g/mol. The highest BCUT2D eigenvalue weighted by Gasteiger charge is 2.48. The van der Waals surface area contributed by atoms with E-state index in [1.54, 1.807) is 6.26 Å². The van der Waals surface area contributed by atoms with Gasteiger partial charge in [0.15, 0.2) is 0 Å². The molecule has 0 radical (unpaired) electrons. The second-order valence-electron chi connectivity index (χ2n) is 7.97. The van der Waals surface area contributed by atoms with E-state index in [2.05, 4.69) is 10.2 Å². The first-order valence-electron chi connectivity index (χ1n) is 9.77. The highest BCUT2D eigenvalue weighted by Crippen LogP contribution is 2.46. The van der Waals surface area contributed by atoms with Gasteiger partial charge in [0.25, 0.3) is 5.91 Å². The molecule has 0 spiro atoms. The molecule has 0 aromatic heterocycles. The summed E-state index contributed by atoms with van der Waals surface area (Å²) < 4.78 is 50.4. The number of carbonyl (C=O) groups is 1. The first-order chi connectivity index (χ1) is 13.8. The molecule has 1 saturated carbocycles. The summed E-state index contributed by atoms with van der Waals surface area (Å²) in [5, 5.41) is 3.02. The SMILES string of the molecule is COc1cc(C(F)(F)F)cc(SC)c1C(=O)N[C@@H]1COCC[C@H]1N1CC2CC2C1. The van der Waals surface area contributed by atoms with Crippen LogP contribution in [0.5, 0.6) is 5.75 Å². The van der Waals surface area contributed by atoms with Crippen molar-refractivity contribution in [1.82, 2.24) is 10.2 Å². The van der Waals surface area contributed by atoms with Gasteiger partial charge >= 0.3 is 6.18 Å². The summed E-state index contributed by atoms with van der Waals surface area (Å²) in [5.41, 5.74) is -0.688. The molecule has 5 nitrogen and oxygen atoms in total. The number of likely N-dealkylation sites (tertiary alicyclic amines) is 1. The van der Waals surface area contributed by atoms with Gasteiger partial charge in [-0.25, -0.2) is 0 Å². The minimum atomic E-state index is -4.51. The maximum atomic E-state index is 13.2. The van der Waals surface area contributed by atoms with Crippen molar-refractivity contribution in [3.63, 3.8) is 0 Å². The van der Waals surface area contributed by atoms with Gasteiger partial charge < -0.3 is 14.8 Å². The van der Waals surface area contributed by atoms with Crippen molar-refractivity contribution in [3.8, 4) is 5.75 Å². The summed E-state index contributed by atoms with van der Waals surface area (Å²) in [6.07, 6.45) is -0.721. The van der Waals surface area contributed by atoms with Gasteiger partial charge in [-0.3, -0.25) is 9.69 Å². The predicted molar refractivity (Wildman–Crippen MR) is 103 cm³/mol. The lowest BCUT2D eigenvalue weighted by molar-refractivity contribution is -0.137. The standard InChI is InChI=1S/C20H25F3N2O3S/c1-27-16-6-13(20(21,22)23)7-17(29-2)18(16)19(26)24-14-10-28-4-3-15(14)25-8-11-5-12(11)9-25/h6-7,11-12,14-15H,3-5,8-10H2,1-2H3,(H,24,26)/t11?,12?,14-,15-/m1/s1. The molecule has 2 heterocycles. The molecule has 3 fully saturated rings. The summed E-state index contributed by atoms with van der Waals surface area (Å²) >= 11 is 1.10. The van der Waals surface area contributed by atoms with E-state index in [1.807, 2.05) is 0 Å². The van der Waals surface area contributed by atoms with Gasteiger partial charge in [-0.2, -0.15) is 13.2 Å². The number of ether oxygens (including phenoxy) is 2. The molecule has 29 heavy (non-hydrogen) atoms. The first kappa shape index (κ1) is 20.8. The zero-order valence-corrected chi connectivity index (χ0v) is 17.2. The highest BCUT2D eigenvalue weighted by molar-refractivity contribution is 7.98. The van der Waals surface area contributed by atoms with Crippen molar-refractivity contribution < 1.29 is 27.4 Å². The molecule has 2 saturated heterocycles. The lowest BCUT2D eigenvalue weighted by atomic mass is 10.0. The molecule has 160 valence electrons. The van der Waals surface area contributed by atoms with E-state index in [1.165, 1.54) is 13.5 Å². The van der Waals surface area contributed by atoms with E-state index in [-0.39, 0.29) is 28.3 Å². The third kappa shape index (κ3) is 4.22. The molecule has 0 bridgehead atoms. The maximum Gasteiger partial charge on any atom is 0.416 e. The van der Waals surface area contributed by atoms with E-state index in [0.717, 1.165) is 55.2 Å². The Morgan fingerprint density at radius 1 is 1.31 bits per heavy atom. The number of thioether (sulfide) groups is 1. The van der Waals surface area contributed by atoms with Crippen LogP contribution in [-0.2, 0) is 10.9 Å². The number of rotatable bonds is 5. The topological polar surface area (TPSA) is 50.8 Å². The number of nitrogens with zero attached hydrogens (tertiary/aromatic N) is 1. The van der Waals surface area contributed by atoms with E-state index in [0.29, 0.717) is 13.2 Å². The summed E-state index contributed by atoms with van der Waals surface area (Å²) in [6, 6.07) is 1.89. The number of piperidine rings is 1. The molecule has 1 amide bonds. The Kier molecular flexibility index (Phi) is 5.74. The van der Waals surface area contributed by atoms with Gasteiger partial charge in [0.2, 0.25) is 0 Å². The van der Waals surface area contributed by atoms with Crippen molar-refractivity contribution in [2.24, 2.45) is 11.8 Å². The third-order valence-electron chi connectivity index (χ3n) is 6.17. The second kappa shape index (κ2) is 8.00. The van der Waals surface area contributed by atoms with Crippen LogP contribution in [0.3, 0.4) is 0 Å². The minimum absolute atomic E-state index is 0.0719. The van der Waals surface area contributed by atoms with Crippen molar-refractivity contribution >= 4 is 17.7 Å². The third-order valence-corrected chi connectivity index (χ3v) is 6.93. The van der Waals surface area contributed by atoms with Crippen LogP contribution in [0.4, 0.5) is 13.2 Å². The fourth-order valence-corrected chi connectivity index (χ4v) is 5.19. The molecule has 3 aliphatic rings. The fourth-order valence-electron chi connectivity index (χ4n) is 4.55. The number of carbonyl (C=O) groups excluding carboxylic acids is 1. The average molecular weight is 430 g/mol. The Balaban J connectivity index is 1.56. The lowest BCUT2D eigenvalue weighted by Crippen LogP contribution is -2.56. The monoisotopic (exact) mass is 430 g/mol. The van der Waals surface area contributed by atoms with Crippen molar-refractivity contribution in [1.29, 1.82) is 0 Å². The molecule has 1 aliphatic carbocycles. The van der Waals surface area contributed by atoms with E-state index in [4.69, 9.17) is 9.47 Å². The zero-order chi connectivity index (χ0) is 20.8. The van der Waals surface area contributed by atoms with Crippen molar-refractivity contribution in [3.05, 3.63) is 23.3 Å². The van der Waals surface area contributed by atoms with Gasteiger partial charge in [0.1, 0.15) is 5.75 Å². The summed E-state index contributed by atoms with van der Waals surface area (Å²) in [5.74, 6) is 1.07. The van der Waals surface area contributed by atoms with Crippen LogP contribution in [0.2, 0.25) is 0 Å². The second-order valence-corrected chi connectivity index (χ2v) is 8.82. The molecule has 4 atom stereocenters. The Morgan fingerprint density at radius 3 is 2.66 bits per heavy atom. The minimum Gasteiger partial charge on any atom is -0.496 e. The van der Waals surface area contributed by atoms with E-state index < -0.39 is 17.6 Å². The number of nitrogens with one attached hydrogen (secondary N) is 1. The molecule has 1 aromatic carbocycles.